The lowest BCUT2D eigenvalue weighted by molar-refractivity contribution is -0.385. The van der Waals surface area contributed by atoms with E-state index in [0.29, 0.717) is 22.9 Å². The molecular weight excluding hydrogens is 628 g/mol. The van der Waals surface area contributed by atoms with E-state index in [1.165, 1.54) is 25.3 Å². The first-order valence-electron chi connectivity index (χ1n) is 15.1. The van der Waals surface area contributed by atoms with Gasteiger partial charge in [0.2, 0.25) is 0 Å². The highest BCUT2D eigenvalue weighted by Crippen LogP contribution is 2.38. The van der Waals surface area contributed by atoms with E-state index >= 15 is 0 Å². The normalized spacial score (nSPS) is 11.7. The van der Waals surface area contributed by atoms with Crippen molar-refractivity contribution in [2.24, 2.45) is 0 Å². The molecule has 1 N–H and O–H groups in total. The molecule has 238 valence electrons. The summed E-state index contributed by atoms with van der Waals surface area (Å²) in [5, 5.41) is 22.6. The number of aromatic nitrogens is 1. The fraction of sp³-hybridized carbons (Fsp3) is 0.0789. The lowest BCUT2D eigenvalue weighted by Gasteiger charge is -2.10. The minimum Gasteiger partial charge on any atom is -0.481 e. The van der Waals surface area contributed by atoms with Crippen LogP contribution < -0.4 is 0 Å². The predicted octanol–water partition coefficient (Wildman–Crippen LogP) is 8.39. The van der Waals surface area contributed by atoms with Crippen molar-refractivity contribution in [3.05, 3.63) is 154 Å². The van der Waals surface area contributed by atoms with Crippen molar-refractivity contribution >= 4 is 43.6 Å². The Balaban J connectivity index is 1.29. The number of carboxylic acids is 1. The van der Waals surface area contributed by atoms with Gasteiger partial charge in [0, 0.05) is 40.6 Å². The molecule has 0 fully saturated rings. The molecule has 2 aromatic heterocycles. The van der Waals surface area contributed by atoms with Crippen LogP contribution in [0.1, 0.15) is 22.5 Å². The van der Waals surface area contributed by atoms with Gasteiger partial charge in [-0.2, -0.15) is 0 Å². The third kappa shape index (κ3) is 5.52. The van der Waals surface area contributed by atoms with E-state index in [0.717, 1.165) is 54.6 Å². The second-order valence-electron chi connectivity index (χ2n) is 11.6. The molecule has 0 unspecified atom stereocenters. The zero-order chi connectivity index (χ0) is 33.6. The summed E-state index contributed by atoms with van der Waals surface area (Å²) in [7, 11) is -4.30. The zero-order valence-corrected chi connectivity index (χ0v) is 26.5. The number of aliphatic carboxylic acids is 1. The monoisotopic (exact) mass is 656 g/mol. The number of para-hydroxylation sites is 1. The average Bonchev–Trinajstić information content (AvgIpc) is 3.63. The highest BCUT2D eigenvalue weighted by atomic mass is 32.2. The molecule has 0 saturated heterocycles. The van der Waals surface area contributed by atoms with Gasteiger partial charge in [-0.05, 0) is 59.0 Å². The van der Waals surface area contributed by atoms with Crippen LogP contribution in [0.2, 0.25) is 0 Å². The Labute approximate surface area is 275 Å². The summed E-state index contributed by atoms with van der Waals surface area (Å²) >= 11 is 0. The van der Waals surface area contributed by atoms with Crippen LogP contribution in [0.3, 0.4) is 0 Å². The van der Waals surface area contributed by atoms with Gasteiger partial charge in [0.15, 0.2) is 0 Å². The van der Waals surface area contributed by atoms with Gasteiger partial charge >= 0.3 is 5.97 Å². The molecule has 2 heterocycles. The van der Waals surface area contributed by atoms with E-state index < -0.39 is 27.3 Å². The third-order valence-corrected chi connectivity index (χ3v) is 10.2. The summed E-state index contributed by atoms with van der Waals surface area (Å²) < 4.78 is 34.8. The van der Waals surface area contributed by atoms with Gasteiger partial charge in [-0.15, -0.1) is 0 Å². The highest BCUT2D eigenvalue weighted by Gasteiger charge is 2.25. The third-order valence-electron chi connectivity index (χ3n) is 8.51. The maximum atomic E-state index is 13.8. The first-order valence-corrected chi connectivity index (χ1v) is 16.6. The second-order valence-corrected chi connectivity index (χ2v) is 13.4. The highest BCUT2D eigenvalue weighted by molar-refractivity contribution is 7.90. The molecule has 0 saturated carbocycles. The molecule has 0 aliphatic carbocycles. The Hall–Kier alpha value is -6.00. The fourth-order valence-electron chi connectivity index (χ4n) is 6.16. The lowest BCUT2D eigenvalue weighted by atomic mass is 9.96. The van der Waals surface area contributed by atoms with Crippen LogP contribution in [0, 0.1) is 17.0 Å². The summed E-state index contributed by atoms with van der Waals surface area (Å²) in [5.41, 5.74) is 6.12. The second kappa shape index (κ2) is 12.0. The fourth-order valence-corrected chi connectivity index (χ4v) is 7.57. The predicted molar refractivity (Wildman–Crippen MR) is 184 cm³/mol. The van der Waals surface area contributed by atoms with E-state index in [9.17, 15) is 28.4 Å². The summed E-state index contributed by atoms with van der Waals surface area (Å²) in [4.78, 5) is 22.4. The van der Waals surface area contributed by atoms with Crippen molar-refractivity contribution < 1.29 is 27.7 Å². The topological polar surface area (TPSA) is 133 Å². The number of benzene rings is 5. The standard InChI is InChI=1S/C38H28N2O7S/c1-24-11-17-30(22-34(24)40(43)44)48(45,46)39-23-29(21-37(41)42)32-20-28(16-18-33(32)39)26-12-14-27(15-13-26)38-31-9-5-6-10-35(31)47-36(38)19-25-7-3-2-4-8-25/h2-18,20,22-23H,19,21H2,1H3,(H,41,42). The molecule has 0 aliphatic heterocycles. The van der Waals surface area contributed by atoms with E-state index in [1.807, 2.05) is 66.7 Å². The van der Waals surface area contributed by atoms with Crippen LogP contribution in [-0.2, 0) is 27.7 Å². The van der Waals surface area contributed by atoms with Crippen LogP contribution in [0.15, 0.2) is 131 Å². The maximum Gasteiger partial charge on any atom is 0.307 e. The van der Waals surface area contributed by atoms with Gasteiger partial charge in [-0.25, -0.2) is 12.4 Å². The Morgan fingerprint density at radius 2 is 1.52 bits per heavy atom. The molecule has 7 rings (SSSR count). The molecule has 0 bridgehead atoms. The largest absolute Gasteiger partial charge is 0.481 e. The number of rotatable bonds is 9. The quantitative estimate of drug-likeness (QED) is 0.122. The first-order chi connectivity index (χ1) is 23.1. The minimum atomic E-state index is -4.30. The molecule has 9 nitrogen and oxygen atoms in total. The van der Waals surface area contributed by atoms with Gasteiger partial charge in [0.25, 0.3) is 15.7 Å². The number of fused-ring (bicyclic) bond motifs is 2. The number of nitrogens with zero attached hydrogens (tertiary/aromatic N) is 2. The number of nitro groups is 1. The van der Waals surface area contributed by atoms with Gasteiger partial charge in [0.05, 0.1) is 21.8 Å². The summed E-state index contributed by atoms with van der Waals surface area (Å²) in [6.45, 7) is 1.53. The molecule has 0 aliphatic rings. The van der Waals surface area contributed by atoms with Crippen molar-refractivity contribution in [1.82, 2.24) is 3.97 Å². The van der Waals surface area contributed by atoms with Crippen LogP contribution in [0.5, 0.6) is 0 Å². The van der Waals surface area contributed by atoms with Crippen molar-refractivity contribution in [3.8, 4) is 22.3 Å². The Bertz CT molecular complexity index is 2480. The summed E-state index contributed by atoms with van der Waals surface area (Å²) in [6, 6.07) is 34.9. The molecular formula is C38H28N2O7S. The van der Waals surface area contributed by atoms with Gasteiger partial charge in [-0.1, -0.05) is 84.9 Å². The van der Waals surface area contributed by atoms with Gasteiger partial charge in [0.1, 0.15) is 11.3 Å². The van der Waals surface area contributed by atoms with Crippen LogP contribution in [0.4, 0.5) is 5.69 Å². The van der Waals surface area contributed by atoms with Crippen molar-refractivity contribution in [3.63, 3.8) is 0 Å². The number of hydrogen-bond acceptors (Lipinski definition) is 6. The summed E-state index contributed by atoms with van der Waals surface area (Å²) in [5.74, 6) is -0.262. The SMILES string of the molecule is Cc1ccc(S(=O)(=O)n2cc(CC(=O)O)c3cc(-c4ccc(-c5c(Cc6ccccc6)oc6ccccc56)cc4)ccc32)cc1[N+](=O)[O-]. The Morgan fingerprint density at radius 1 is 0.833 bits per heavy atom. The number of furan rings is 1. The molecule has 10 heteroatoms. The van der Waals surface area contributed by atoms with Crippen molar-refractivity contribution in [2.45, 2.75) is 24.7 Å². The summed E-state index contributed by atoms with van der Waals surface area (Å²) in [6.07, 6.45) is 1.50. The van der Waals surface area contributed by atoms with E-state index in [-0.39, 0.29) is 16.1 Å². The number of aryl methyl sites for hydroxylation is 1. The number of carbonyl (C=O) groups is 1. The Morgan fingerprint density at radius 3 is 2.25 bits per heavy atom. The molecule has 0 radical (unpaired) electrons. The van der Waals surface area contributed by atoms with Crippen LogP contribution in [-0.4, -0.2) is 28.4 Å². The zero-order valence-electron chi connectivity index (χ0n) is 25.7. The molecule has 0 spiro atoms. The van der Waals surface area contributed by atoms with Gasteiger partial charge in [-0.3, -0.25) is 14.9 Å². The molecule has 7 aromatic rings. The smallest absolute Gasteiger partial charge is 0.307 e. The number of nitro benzene ring substituents is 1. The molecule has 0 amide bonds. The van der Waals surface area contributed by atoms with Crippen molar-refractivity contribution in [2.75, 3.05) is 0 Å². The molecule has 48 heavy (non-hydrogen) atoms. The van der Waals surface area contributed by atoms with E-state index in [1.54, 1.807) is 18.2 Å². The van der Waals surface area contributed by atoms with E-state index in [2.05, 4.69) is 12.1 Å². The van der Waals surface area contributed by atoms with Crippen LogP contribution >= 0.6 is 0 Å². The minimum absolute atomic E-state index is 0.267. The molecule has 0 atom stereocenters. The van der Waals surface area contributed by atoms with Crippen molar-refractivity contribution in [1.29, 1.82) is 0 Å². The number of hydrogen-bond donors (Lipinski definition) is 1. The lowest BCUT2D eigenvalue weighted by Crippen LogP contribution is -2.12. The van der Waals surface area contributed by atoms with Gasteiger partial charge < -0.3 is 9.52 Å². The van der Waals surface area contributed by atoms with E-state index in [4.69, 9.17) is 4.42 Å². The van der Waals surface area contributed by atoms with Crippen LogP contribution in [0.25, 0.3) is 44.1 Å². The number of carboxylic acid groups (broad SMARTS) is 1. The first kappa shape index (κ1) is 30.6. The Kier molecular flexibility index (Phi) is 7.65. The maximum absolute atomic E-state index is 13.8. The molecule has 5 aromatic carbocycles. The average molecular weight is 657 g/mol.